The Morgan fingerprint density at radius 3 is 2.76 bits per heavy atom. The van der Waals surface area contributed by atoms with Gasteiger partial charge < -0.3 is 20.6 Å². The molecular weight excluding hydrogens is 393 g/mol. The summed E-state index contributed by atoms with van der Waals surface area (Å²) in [6.45, 7) is 4.98. The highest BCUT2D eigenvalue weighted by molar-refractivity contribution is 6.07. The number of nitrogens with zero attached hydrogens (tertiary/aromatic N) is 4. The summed E-state index contributed by atoms with van der Waals surface area (Å²) in [6.07, 6.45) is -4.49. The van der Waals surface area contributed by atoms with E-state index in [-0.39, 0.29) is 23.8 Å². The Hall–Kier alpha value is -2.70. The summed E-state index contributed by atoms with van der Waals surface area (Å²) < 4.78 is 48.6. The van der Waals surface area contributed by atoms with E-state index < -0.39 is 11.7 Å². The van der Waals surface area contributed by atoms with Crippen LogP contribution < -0.4 is 10.6 Å². The number of alkyl halides is 3. The van der Waals surface area contributed by atoms with Gasteiger partial charge in [-0.05, 0) is 23.4 Å². The summed E-state index contributed by atoms with van der Waals surface area (Å²) in [6, 6.07) is 4.50. The first-order chi connectivity index (χ1) is 14.0. The van der Waals surface area contributed by atoms with Gasteiger partial charge in [0.25, 0.3) is 0 Å². The van der Waals surface area contributed by atoms with Gasteiger partial charge in [-0.3, -0.25) is 4.90 Å². The molecule has 0 spiro atoms. The van der Waals surface area contributed by atoms with Gasteiger partial charge in [0.1, 0.15) is 5.69 Å². The van der Waals surface area contributed by atoms with Crippen molar-refractivity contribution >= 4 is 11.5 Å². The van der Waals surface area contributed by atoms with Crippen LogP contribution in [-0.2, 0) is 17.5 Å². The Balaban J connectivity index is 1.59. The first kappa shape index (κ1) is 21.0. The maximum absolute atomic E-state index is 12.9. The van der Waals surface area contributed by atoms with E-state index in [9.17, 15) is 18.4 Å². The van der Waals surface area contributed by atoms with E-state index in [0.29, 0.717) is 12.2 Å². The fourth-order valence-corrected chi connectivity index (χ4v) is 2.81. The third kappa shape index (κ3) is 5.89. The van der Waals surface area contributed by atoms with E-state index >= 15 is 0 Å². The smallest absolute Gasteiger partial charge is 0.409 e. The van der Waals surface area contributed by atoms with Gasteiger partial charge in [-0.15, -0.1) is 0 Å². The normalized spacial score (nSPS) is 16.2. The summed E-state index contributed by atoms with van der Waals surface area (Å²) in [7, 11) is 0. The molecule has 0 unspecified atom stereocenters. The molecule has 1 aromatic heterocycles. The molecule has 158 valence electrons. The molecule has 0 amide bonds. The van der Waals surface area contributed by atoms with E-state index in [1.807, 2.05) is 0 Å². The molecule has 3 rings (SSSR count). The lowest BCUT2D eigenvalue weighted by Crippen LogP contribution is -2.40. The van der Waals surface area contributed by atoms with Crippen LogP contribution >= 0.6 is 0 Å². The highest BCUT2D eigenvalue weighted by Crippen LogP contribution is 2.30. The molecule has 0 aliphatic carbocycles. The first-order valence-corrected chi connectivity index (χ1v) is 8.96. The van der Waals surface area contributed by atoms with Gasteiger partial charge in [0.05, 0.1) is 18.8 Å². The molecule has 2 aromatic rings. The van der Waals surface area contributed by atoms with E-state index in [2.05, 4.69) is 31.0 Å². The number of oxime groups is 1. The van der Waals surface area contributed by atoms with Gasteiger partial charge in [0.2, 0.25) is 5.84 Å². The zero-order chi connectivity index (χ0) is 20.7. The second-order valence-corrected chi connectivity index (χ2v) is 6.34. The van der Waals surface area contributed by atoms with E-state index in [0.717, 1.165) is 45.0 Å². The molecule has 9 nitrogen and oxygen atoms in total. The molecule has 1 aliphatic rings. The van der Waals surface area contributed by atoms with Crippen molar-refractivity contribution in [1.82, 2.24) is 20.5 Å². The molecule has 1 saturated heterocycles. The van der Waals surface area contributed by atoms with Crippen LogP contribution in [0.3, 0.4) is 0 Å². The fraction of sp³-hybridized carbons (Fsp3) is 0.471. The Morgan fingerprint density at radius 1 is 1.24 bits per heavy atom. The van der Waals surface area contributed by atoms with Crippen LogP contribution in [0, 0.1) is 0 Å². The van der Waals surface area contributed by atoms with Crippen molar-refractivity contribution in [3.05, 3.63) is 41.2 Å². The lowest BCUT2D eigenvalue weighted by atomic mass is 10.2. The SMILES string of the molecule is ON=C(Nc1cccc(C(F)(F)F)c1)c1nonc1CNCCN1CCOCC1. The summed E-state index contributed by atoms with van der Waals surface area (Å²) >= 11 is 0. The number of nitrogens with one attached hydrogen (secondary N) is 2. The summed E-state index contributed by atoms with van der Waals surface area (Å²) in [5.74, 6) is -0.171. The van der Waals surface area contributed by atoms with E-state index in [1.54, 1.807) is 0 Å². The molecule has 0 saturated carbocycles. The maximum Gasteiger partial charge on any atom is 0.416 e. The Morgan fingerprint density at radius 2 is 2.03 bits per heavy atom. The van der Waals surface area contributed by atoms with Crippen LogP contribution in [0.2, 0.25) is 0 Å². The van der Waals surface area contributed by atoms with Crippen molar-refractivity contribution in [1.29, 1.82) is 0 Å². The topological polar surface area (TPSA) is 108 Å². The Labute approximate surface area is 164 Å². The highest BCUT2D eigenvalue weighted by atomic mass is 19.4. The minimum Gasteiger partial charge on any atom is -0.409 e. The van der Waals surface area contributed by atoms with Gasteiger partial charge in [-0.1, -0.05) is 16.4 Å². The molecule has 3 N–H and O–H groups in total. The summed E-state index contributed by atoms with van der Waals surface area (Å²) in [5.41, 5.74) is -0.284. The number of rotatable bonds is 7. The first-order valence-electron chi connectivity index (χ1n) is 8.96. The number of hydrogen-bond acceptors (Lipinski definition) is 8. The van der Waals surface area contributed by atoms with Gasteiger partial charge in [0, 0.05) is 38.4 Å². The average Bonchev–Trinajstić information content (AvgIpc) is 3.18. The van der Waals surface area contributed by atoms with Crippen LogP contribution in [0.1, 0.15) is 17.0 Å². The Kier molecular flexibility index (Phi) is 7.01. The van der Waals surface area contributed by atoms with Crippen molar-refractivity contribution in [3.63, 3.8) is 0 Å². The number of halogens is 3. The van der Waals surface area contributed by atoms with Crippen molar-refractivity contribution < 1.29 is 27.7 Å². The number of morpholine rings is 1. The molecule has 1 aliphatic heterocycles. The van der Waals surface area contributed by atoms with Crippen LogP contribution in [-0.4, -0.2) is 65.6 Å². The molecule has 1 fully saturated rings. The summed E-state index contributed by atoms with van der Waals surface area (Å²) in [4.78, 5) is 2.26. The molecule has 0 radical (unpaired) electrons. The molecule has 29 heavy (non-hydrogen) atoms. The van der Waals surface area contributed by atoms with Crippen molar-refractivity contribution in [3.8, 4) is 0 Å². The molecule has 12 heteroatoms. The quantitative estimate of drug-likeness (QED) is 0.207. The number of hydrogen-bond donors (Lipinski definition) is 3. The molecule has 2 heterocycles. The lowest BCUT2D eigenvalue weighted by Gasteiger charge is -2.26. The Bertz CT molecular complexity index is 821. The van der Waals surface area contributed by atoms with Gasteiger partial charge in [-0.25, -0.2) is 4.63 Å². The minimum absolute atomic E-state index is 0.0850. The van der Waals surface area contributed by atoms with Crippen LogP contribution in [0.15, 0.2) is 34.1 Å². The fourth-order valence-electron chi connectivity index (χ4n) is 2.81. The zero-order valence-electron chi connectivity index (χ0n) is 15.4. The third-order valence-corrected chi connectivity index (χ3v) is 4.33. The number of anilines is 1. The van der Waals surface area contributed by atoms with Crippen molar-refractivity contribution in [2.75, 3.05) is 44.7 Å². The highest BCUT2D eigenvalue weighted by Gasteiger charge is 2.30. The van der Waals surface area contributed by atoms with Gasteiger partial charge >= 0.3 is 6.18 Å². The van der Waals surface area contributed by atoms with Crippen LogP contribution in [0.5, 0.6) is 0 Å². The molecular formula is C17H21F3N6O3. The van der Waals surface area contributed by atoms with E-state index in [1.165, 1.54) is 12.1 Å². The van der Waals surface area contributed by atoms with Gasteiger partial charge in [0.15, 0.2) is 5.69 Å². The van der Waals surface area contributed by atoms with E-state index in [4.69, 9.17) is 9.37 Å². The van der Waals surface area contributed by atoms with Crippen molar-refractivity contribution in [2.24, 2.45) is 5.16 Å². The minimum atomic E-state index is -4.49. The average molecular weight is 414 g/mol. The number of amidine groups is 1. The molecule has 0 atom stereocenters. The van der Waals surface area contributed by atoms with Crippen molar-refractivity contribution in [2.45, 2.75) is 12.7 Å². The predicted molar refractivity (Wildman–Crippen MR) is 96.7 cm³/mol. The lowest BCUT2D eigenvalue weighted by molar-refractivity contribution is -0.137. The van der Waals surface area contributed by atoms with Crippen LogP contribution in [0.4, 0.5) is 18.9 Å². The van der Waals surface area contributed by atoms with Gasteiger partial charge in [-0.2, -0.15) is 13.2 Å². The zero-order valence-corrected chi connectivity index (χ0v) is 15.4. The third-order valence-electron chi connectivity index (χ3n) is 4.33. The number of aromatic nitrogens is 2. The second kappa shape index (κ2) is 9.67. The maximum atomic E-state index is 12.9. The van der Waals surface area contributed by atoms with Crippen LogP contribution in [0.25, 0.3) is 0 Å². The molecule has 0 bridgehead atoms. The molecule has 1 aromatic carbocycles. The monoisotopic (exact) mass is 414 g/mol. The predicted octanol–water partition coefficient (Wildman–Crippen LogP) is 1.76. The summed E-state index contributed by atoms with van der Waals surface area (Å²) in [5, 5.41) is 25.7. The number of benzene rings is 1. The number of ether oxygens (including phenoxy) is 1. The largest absolute Gasteiger partial charge is 0.416 e. The second-order valence-electron chi connectivity index (χ2n) is 6.34. The standard InChI is InChI=1S/C17H21F3N6O3/c18-17(19,20)12-2-1-3-13(10-12)22-16(23-27)15-14(24-29-25-15)11-21-4-5-26-6-8-28-9-7-26/h1-3,10,21,27H,4-9,11H2,(H,22,23).